The molecule has 100 valence electrons. The molecule has 3 nitrogen and oxygen atoms in total. The van der Waals surface area contributed by atoms with Crippen molar-refractivity contribution in [2.75, 3.05) is 13.1 Å². The van der Waals surface area contributed by atoms with E-state index in [2.05, 4.69) is 37.4 Å². The van der Waals surface area contributed by atoms with Crippen molar-refractivity contribution in [3.05, 3.63) is 34.9 Å². The summed E-state index contributed by atoms with van der Waals surface area (Å²) >= 11 is 0. The molecule has 1 rings (SSSR count). The third-order valence-electron chi connectivity index (χ3n) is 3.15. The van der Waals surface area contributed by atoms with Gasteiger partial charge in [-0.25, -0.2) is 0 Å². The molecule has 0 saturated heterocycles. The molecule has 0 aliphatic rings. The Morgan fingerprint density at radius 2 is 2.11 bits per heavy atom. The van der Waals surface area contributed by atoms with E-state index in [1.165, 1.54) is 16.7 Å². The summed E-state index contributed by atoms with van der Waals surface area (Å²) in [6.07, 6.45) is 1.40. The summed E-state index contributed by atoms with van der Waals surface area (Å²) in [5.41, 5.74) is 9.36. The lowest BCUT2D eigenvalue weighted by molar-refractivity contribution is -0.121. The van der Waals surface area contributed by atoms with Gasteiger partial charge in [-0.2, -0.15) is 0 Å². The second-order valence-corrected chi connectivity index (χ2v) is 5.07. The highest BCUT2D eigenvalue weighted by Gasteiger charge is 2.07. The number of hydrogen-bond acceptors (Lipinski definition) is 2. The summed E-state index contributed by atoms with van der Waals surface area (Å²) in [7, 11) is 0. The number of nitrogens with two attached hydrogens (primary N) is 1. The Hall–Kier alpha value is -1.35. The van der Waals surface area contributed by atoms with Gasteiger partial charge in [0.2, 0.25) is 5.91 Å². The van der Waals surface area contributed by atoms with Crippen molar-refractivity contribution in [3.8, 4) is 0 Å². The molecule has 0 bridgehead atoms. The zero-order chi connectivity index (χ0) is 13.5. The standard InChI is InChI=1S/C15H24N2O/c1-11-4-5-14(13(3)8-11)6-7-17-15(18)9-12(2)10-16/h4-5,8,12H,6-7,9-10,16H2,1-3H3,(H,17,18). The number of amides is 1. The molecule has 0 saturated carbocycles. The van der Waals surface area contributed by atoms with Crippen LogP contribution in [0, 0.1) is 19.8 Å². The van der Waals surface area contributed by atoms with Crippen molar-refractivity contribution < 1.29 is 4.79 Å². The average molecular weight is 248 g/mol. The molecule has 0 fully saturated rings. The van der Waals surface area contributed by atoms with E-state index in [1.54, 1.807) is 0 Å². The largest absolute Gasteiger partial charge is 0.356 e. The van der Waals surface area contributed by atoms with Crippen molar-refractivity contribution in [2.45, 2.75) is 33.6 Å². The maximum atomic E-state index is 11.6. The Labute approximate surface area is 110 Å². The molecule has 1 amide bonds. The molecule has 1 atom stereocenters. The Kier molecular flexibility index (Phi) is 5.86. The molecule has 0 aliphatic carbocycles. The molecule has 0 aliphatic heterocycles. The van der Waals surface area contributed by atoms with Crippen LogP contribution in [0.25, 0.3) is 0 Å². The van der Waals surface area contributed by atoms with Crippen LogP contribution >= 0.6 is 0 Å². The van der Waals surface area contributed by atoms with Crippen LogP contribution in [0.3, 0.4) is 0 Å². The monoisotopic (exact) mass is 248 g/mol. The minimum atomic E-state index is 0.0951. The molecule has 1 aromatic carbocycles. The van der Waals surface area contributed by atoms with Gasteiger partial charge in [0.25, 0.3) is 0 Å². The van der Waals surface area contributed by atoms with E-state index in [1.807, 2.05) is 6.92 Å². The summed E-state index contributed by atoms with van der Waals surface area (Å²) in [5.74, 6) is 0.351. The van der Waals surface area contributed by atoms with Gasteiger partial charge in [0.05, 0.1) is 0 Å². The zero-order valence-electron chi connectivity index (χ0n) is 11.6. The number of nitrogens with one attached hydrogen (secondary N) is 1. The van der Waals surface area contributed by atoms with Gasteiger partial charge < -0.3 is 11.1 Å². The summed E-state index contributed by atoms with van der Waals surface area (Å²) in [6.45, 7) is 7.45. The molecule has 3 heteroatoms. The summed E-state index contributed by atoms with van der Waals surface area (Å²) in [5, 5.41) is 2.94. The van der Waals surface area contributed by atoms with E-state index in [-0.39, 0.29) is 11.8 Å². The minimum Gasteiger partial charge on any atom is -0.356 e. The van der Waals surface area contributed by atoms with Gasteiger partial charge in [-0.15, -0.1) is 0 Å². The lowest BCUT2D eigenvalue weighted by Gasteiger charge is -2.10. The van der Waals surface area contributed by atoms with Crippen molar-refractivity contribution in [1.29, 1.82) is 0 Å². The van der Waals surface area contributed by atoms with Crippen molar-refractivity contribution >= 4 is 5.91 Å². The van der Waals surface area contributed by atoms with Crippen molar-refractivity contribution in [1.82, 2.24) is 5.32 Å². The Bertz CT molecular complexity index is 401. The fourth-order valence-electron chi connectivity index (χ4n) is 1.93. The summed E-state index contributed by atoms with van der Waals surface area (Å²) < 4.78 is 0. The SMILES string of the molecule is Cc1ccc(CCNC(=O)CC(C)CN)c(C)c1. The molecule has 0 aromatic heterocycles. The van der Waals surface area contributed by atoms with Crippen LogP contribution in [-0.2, 0) is 11.2 Å². The number of rotatable bonds is 6. The molecule has 1 aromatic rings. The zero-order valence-corrected chi connectivity index (χ0v) is 11.6. The van der Waals surface area contributed by atoms with Crippen LogP contribution < -0.4 is 11.1 Å². The average Bonchev–Trinajstić information content (AvgIpc) is 2.31. The third-order valence-corrected chi connectivity index (χ3v) is 3.15. The maximum Gasteiger partial charge on any atom is 0.220 e. The van der Waals surface area contributed by atoms with Crippen LogP contribution in [0.4, 0.5) is 0 Å². The van der Waals surface area contributed by atoms with Crippen molar-refractivity contribution in [2.24, 2.45) is 11.7 Å². The minimum absolute atomic E-state index is 0.0951. The van der Waals surface area contributed by atoms with E-state index in [9.17, 15) is 4.79 Å². The van der Waals surface area contributed by atoms with Gasteiger partial charge in [-0.05, 0) is 43.9 Å². The van der Waals surface area contributed by atoms with Crippen LogP contribution in [0.1, 0.15) is 30.0 Å². The van der Waals surface area contributed by atoms with Crippen LogP contribution in [0.5, 0.6) is 0 Å². The first kappa shape index (κ1) is 14.7. The normalized spacial score (nSPS) is 12.2. The number of hydrogen-bond donors (Lipinski definition) is 2. The maximum absolute atomic E-state index is 11.6. The van der Waals surface area contributed by atoms with Crippen LogP contribution in [0.2, 0.25) is 0 Å². The van der Waals surface area contributed by atoms with Gasteiger partial charge in [-0.1, -0.05) is 30.7 Å². The smallest absolute Gasteiger partial charge is 0.220 e. The van der Waals surface area contributed by atoms with E-state index < -0.39 is 0 Å². The molecule has 18 heavy (non-hydrogen) atoms. The number of aryl methyl sites for hydroxylation is 2. The highest BCUT2D eigenvalue weighted by Crippen LogP contribution is 2.10. The van der Waals surface area contributed by atoms with Gasteiger partial charge >= 0.3 is 0 Å². The highest BCUT2D eigenvalue weighted by atomic mass is 16.1. The first-order chi connectivity index (χ1) is 8.52. The molecule has 0 radical (unpaired) electrons. The van der Waals surface area contributed by atoms with E-state index >= 15 is 0 Å². The van der Waals surface area contributed by atoms with Crippen LogP contribution in [0.15, 0.2) is 18.2 Å². The molecule has 3 N–H and O–H groups in total. The van der Waals surface area contributed by atoms with Gasteiger partial charge in [0.1, 0.15) is 0 Å². The first-order valence-corrected chi connectivity index (χ1v) is 6.55. The fourth-order valence-corrected chi connectivity index (χ4v) is 1.93. The lowest BCUT2D eigenvalue weighted by atomic mass is 10.0. The second kappa shape index (κ2) is 7.17. The van der Waals surface area contributed by atoms with E-state index in [0.717, 1.165) is 6.42 Å². The summed E-state index contributed by atoms with van der Waals surface area (Å²) in [4.78, 5) is 11.6. The molecule has 0 spiro atoms. The third kappa shape index (κ3) is 4.88. The Morgan fingerprint density at radius 3 is 2.72 bits per heavy atom. The van der Waals surface area contributed by atoms with Crippen molar-refractivity contribution in [3.63, 3.8) is 0 Å². The second-order valence-electron chi connectivity index (χ2n) is 5.07. The summed E-state index contributed by atoms with van der Waals surface area (Å²) in [6, 6.07) is 6.42. The number of carbonyl (C=O) groups is 1. The van der Waals surface area contributed by atoms with Crippen LogP contribution in [-0.4, -0.2) is 19.0 Å². The van der Waals surface area contributed by atoms with E-state index in [4.69, 9.17) is 5.73 Å². The van der Waals surface area contributed by atoms with Gasteiger partial charge in [0.15, 0.2) is 0 Å². The quantitative estimate of drug-likeness (QED) is 0.808. The molecular formula is C15H24N2O. The van der Waals surface area contributed by atoms with Gasteiger partial charge in [0, 0.05) is 13.0 Å². The predicted molar refractivity (Wildman–Crippen MR) is 75.5 cm³/mol. The molecule has 1 unspecified atom stereocenters. The lowest BCUT2D eigenvalue weighted by Crippen LogP contribution is -2.28. The predicted octanol–water partition coefficient (Wildman–Crippen LogP) is 1.95. The first-order valence-electron chi connectivity index (χ1n) is 6.55. The molecular weight excluding hydrogens is 224 g/mol. The molecule has 0 heterocycles. The topological polar surface area (TPSA) is 55.1 Å². The van der Waals surface area contributed by atoms with Gasteiger partial charge in [-0.3, -0.25) is 4.79 Å². The number of benzene rings is 1. The van der Waals surface area contributed by atoms with E-state index in [0.29, 0.717) is 19.5 Å². The number of carbonyl (C=O) groups excluding carboxylic acids is 1. The highest BCUT2D eigenvalue weighted by molar-refractivity contribution is 5.76. The Morgan fingerprint density at radius 1 is 1.39 bits per heavy atom. The fraction of sp³-hybridized carbons (Fsp3) is 0.533. The Balaban J connectivity index is 2.35.